The van der Waals surface area contributed by atoms with Crippen LogP contribution in [0.25, 0.3) is 0 Å². The summed E-state index contributed by atoms with van der Waals surface area (Å²) in [5.74, 6) is -3.28. The molecule has 24 heavy (non-hydrogen) atoms. The molecule has 0 aliphatic rings. The first-order chi connectivity index (χ1) is 11.0. The zero-order valence-corrected chi connectivity index (χ0v) is 15.9. The minimum atomic E-state index is -2.40. The molecule has 0 spiro atoms. The lowest BCUT2D eigenvalue weighted by Crippen LogP contribution is -2.41. The predicted molar refractivity (Wildman–Crippen MR) is 89.4 cm³/mol. The Morgan fingerprint density at radius 1 is 1.25 bits per heavy atom. The summed E-state index contributed by atoms with van der Waals surface area (Å²) in [6, 6.07) is -0.0989. The number of ether oxygens (including phenoxy) is 2. The van der Waals surface area contributed by atoms with Crippen LogP contribution in [-0.4, -0.2) is 35.9 Å². The van der Waals surface area contributed by atoms with Crippen molar-refractivity contribution in [3.63, 3.8) is 0 Å². The second kappa shape index (κ2) is 8.19. The molecule has 12 heteroatoms. The van der Waals surface area contributed by atoms with E-state index in [1.807, 2.05) is 5.32 Å². The van der Waals surface area contributed by atoms with Crippen LogP contribution < -0.4 is 15.4 Å². The van der Waals surface area contributed by atoms with E-state index in [9.17, 15) is 18.8 Å². The highest BCUT2D eigenvalue weighted by molar-refractivity contribution is 9.10. The first-order valence-corrected chi connectivity index (χ1v) is 7.79. The van der Waals surface area contributed by atoms with E-state index >= 15 is 0 Å². The Labute approximate surface area is 158 Å². The molecule has 0 radical (unpaired) electrons. The molecule has 7 nitrogen and oxygen atoms in total. The third kappa shape index (κ3) is 4.85. The number of carbonyl (C=O) groups is 3. The topological polar surface area (TPSA) is 93.7 Å². The number of esters is 1. The largest absolute Gasteiger partial charge is 0.495 e. The number of benzene rings is 1. The molecule has 0 aliphatic heterocycles. The average molecular weight is 466 g/mol. The molecule has 0 atom stereocenters. The normalized spacial score (nSPS) is 10.8. The van der Waals surface area contributed by atoms with Crippen molar-refractivity contribution in [1.82, 2.24) is 5.32 Å². The molecule has 0 aliphatic carbocycles. The first kappa shape index (κ1) is 20.8. The van der Waals surface area contributed by atoms with Crippen molar-refractivity contribution < 1.29 is 28.2 Å². The van der Waals surface area contributed by atoms with Gasteiger partial charge in [-0.2, -0.15) is 0 Å². The van der Waals surface area contributed by atoms with Gasteiger partial charge in [-0.3, -0.25) is 10.1 Å². The molecule has 2 N–H and O–H groups in total. The summed E-state index contributed by atoms with van der Waals surface area (Å²) in [4.78, 5) is 34.9. The van der Waals surface area contributed by atoms with E-state index in [2.05, 4.69) is 20.7 Å². The maximum Gasteiger partial charge on any atom is 0.340 e. The second-order valence-corrected chi connectivity index (χ2v) is 7.10. The quantitative estimate of drug-likeness (QED) is 0.526. The summed E-state index contributed by atoms with van der Waals surface area (Å²) < 4.78 is 21.2. The summed E-state index contributed by atoms with van der Waals surface area (Å²) in [5, 5.41) is 3.66. The van der Waals surface area contributed by atoms with Gasteiger partial charge in [-0.25, -0.2) is 14.0 Å². The highest BCUT2D eigenvalue weighted by atomic mass is 79.9. The lowest BCUT2D eigenvalue weighted by molar-refractivity contribution is -0.119. The van der Waals surface area contributed by atoms with Crippen LogP contribution in [0.15, 0.2) is 10.5 Å². The lowest BCUT2D eigenvalue weighted by Gasteiger charge is -2.15. The van der Waals surface area contributed by atoms with Crippen molar-refractivity contribution in [2.24, 2.45) is 0 Å². The average Bonchev–Trinajstić information content (AvgIpc) is 2.50. The third-order valence-corrected chi connectivity index (χ3v) is 3.78. The molecule has 3 amide bonds. The second-order valence-electron chi connectivity index (χ2n) is 4.03. The molecule has 0 saturated carbocycles. The van der Waals surface area contributed by atoms with E-state index in [0.717, 1.165) is 13.2 Å². The molecular weight excluding hydrogens is 457 g/mol. The molecule has 0 bridgehead atoms. The van der Waals surface area contributed by atoms with E-state index in [1.54, 1.807) is 5.32 Å². The number of amides is 3. The van der Waals surface area contributed by atoms with Gasteiger partial charge in [0, 0.05) is 0 Å². The smallest absolute Gasteiger partial charge is 0.340 e. The van der Waals surface area contributed by atoms with Crippen molar-refractivity contribution in [2.45, 2.75) is 3.79 Å². The molecule has 0 unspecified atom stereocenters. The van der Waals surface area contributed by atoms with E-state index in [0.29, 0.717) is 0 Å². The molecule has 0 fully saturated rings. The van der Waals surface area contributed by atoms with Crippen LogP contribution in [0.1, 0.15) is 10.4 Å². The molecule has 0 aromatic heterocycles. The fourth-order valence-corrected chi connectivity index (χ4v) is 2.08. The Hall–Kier alpha value is -1.29. The van der Waals surface area contributed by atoms with E-state index in [-0.39, 0.29) is 15.8 Å². The van der Waals surface area contributed by atoms with Crippen LogP contribution in [0.4, 0.5) is 14.9 Å². The Balaban J connectivity index is 3.23. The highest BCUT2D eigenvalue weighted by Crippen LogP contribution is 2.36. The van der Waals surface area contributed by atoms with Gasteiger partial charge in [0.1, 0.15) is 5.75 Å². The van der Waals surface area contributed by atoms with Crippen LogP contribution in [0, 0.1) is 5.82 Å². The number of rotatable bonds is 3. The van der Waals surface area contributed by atoms with Gasteiger partial charge in [0.2, 0.25) is 0 Å². The number of halogens is 5. The van der Waals surface area contributed by atoms with Gasteiger partial charge >= 0.3 is 12.0 Å². The number of alkyl halides is 3. The molecular formula is C12H9BrCl3FN2O5. The standard InChI is InChI=1S/C12H9BrCl3FN2O5/c1-23-5-3-4(9(20)24-2)8(7(17)6(5)13)18-11(22)19-10(21)12(14,15)16/h3H,1-2H3,(H2,18,19,21,22). The molecule has 0 heterocycles. The molecule has 132 valence electrons. The number of carbonyl (C=O) groups excluding carboxylic acids is 3. The Bertz CT molecular complexity index is 696. The molecule has 0 saturated heterocycles. The van der Waals surface area contributed by atoms with Crippen LogP contribution in [0.5, 0.6) is 5.75 Å². The maximum atomic E-state index is 14.4. The molecule has 1 rings (SSSR count). The van der Waals surface area contributed by atoms with Crippen LogP contribution in [-0.2, 0) is 9.53 Å². The summed E-state index contributed by atoms with van der Waals surface area (Å²) in [7, 11) is 2.31. The van der Waals surface area contributed by atoms with Gasteiger partial charge < -0.3 is 14.8 Å². The summed E-state index contributed by atoms with van der Waals surface area (Å²) >= 11 is 18.8. The van der Waals surface area contributed by atoms with Crippen LogP contribution in [0.2, 0.25) is 0 Å². The van der Waals surface area contributed by atoms with E-state index in [4.69, 9.17) is 39.5 Å². The van der Waals surface area contributed by atoms with Gasteiger partial charge in [-0.05, 0) is 22.0 Å². The van der Waals surface area contributed by atoms with Crippen molar-refractivity contribution >= 4 is 74.3 Å². The zero-order valence-electron chi connectivity index (χ0n) is 12.0. The highest BCUT2D eigenvalue weighted by Gasteiger charge is 2.32. The summed E-state index contributed by atoms with van der Waals surface area (Å²) in [5.41, 5.74) is -0.921. The van der Waals surface area contributed by atoms with E-state index in [1.165, 1.54) is 7.11 Å². The number of imide groups is 1. The zero-order chi connectivity index (χ0) is 18.7. The Morgan fingerprint density at radius 2 is 1.83 bits per heavy atom. The predicted octanol–water partition coefficient (Wildman–Crippen LogP) is 3.40. The number of hydrogen-bond acceptors (Lipinski definition) is 5. The van der Waals surface area contributed by atoms with Crippen LogP contribution >= 0.6 is 50.7 Å². The van der Waals surface area contributed by atoms with Gasteiger partial charge in [-0.1, -0.05) is 34.8 Å². The first-order valence-electron chi connectivity index (χ1n) is 5.86. The minimum Gasteiger partial charge on any atom is -0.495 e. The summed E-state index contributed by atoms with van der Waals surface area (Å²) in [6.45, 7) is 0. The molecule has 1 aromatic rings. The minimum absolute atomic E-state index is 0.0174. The monoisotopic (exact) mass is 464 g/mol. The fraction of sp³-hybridized carbons (Fsp3) is 0.250. The lowest BCUT2D eigenvalue weighted by atomic mass is 10.1. The number of methoxy groups -OCH3 is 2. The number of nitrogens with one attached hydrogen (secondary N) is 2. The van der Waals surface area contributed by atoms with Gasteiger partial charge in [0.25, 0.3) is 9.70 Å². The van der Waals surface area contributed by atoms with Crippen molar-refractivity contribution in [3.8, 4) is 5.75 Å². The number of urea groups is 1. The van der Waals surface area contributed by atoms with E-state index < -0.39 is 33.2 Å². The number of anilines is 1. The van der Waals surface area contributed by atoms with Crippen molar-refractivity contribution in [1.29, 1.82) is 0 Å². The third-order valence-electron chi connectivity index (χ3n) is 2.52. The van der Waals surface area contributed by atoms with Crippen LogP contribution in [0.3, 0.4) is 0 Å². The van der Waals surface area contributed by atoms with Crippen molar-refractivity contribution in [3.05, 3.63) is 21.9 Å². The van der Waals surface area contributed by atoms with Gasteiger partial charge in [0.15, 0.2) is 5.82 Å². The maximum absolute atomic E-state index is 14.4. The molecule has 1 aromatic carbocycles. The fourth-order valence-electron chi connectivity index (χ4n) is 1.46. The SMILES string of the molecule is COC(=O)c1cc(OC)c(Br)c(F)c1NC(=O)NC(=O)C(Cl)(Cl)Cl. The Kier molecular flexibility index (Phi) is 7.09. The Morgan fingerprint density at radius 3 is 2.29 bits per heavy atom. The van der Waals surface area contributed by atoms with Crippen molar-refractivity contribution in [2.75, 3.05) is 19.5 Å². The van der Waals surface area contributed by atoms with Gasteiger partial charge in [-0.15, -0.1) is 0 Å². The van der Waals surface area contributed by atoms with Gasteiger partial charge in [0.05, 0.1) is 29.9 Å². The summed E-state index contributed by atoms with van der Waals surface area (Å²) in [6.07, 6.45) is 0. The number of hydrogen-bond donors (Lipinski definition) is 2.